The van der Waals surface area contributed by atoms with Crippen molar-refractivity contribution in [1.82, 2.24) is 9.80 Å². The third-order valence-electron chi connectivity index (χ3n) is 8.08. The van der Waals surface area contributed by atoms with Crippen molar-refractivity contribution in [3.8, 4) is 0 Å². The molecule has 2 fully saturated rings. The number of rotatable bonds is 6. The highest BCUT2D eigenvalue weighted by Crippen LogP contribution is 2.34. The van der Waals surface area contributed by atoms with Crippen LogP contribution in [-0.4, -0.2) is 60.5 Å². The van der Waals surface area contributed by atoms with Crippen LogP contribution in [0.4, 0.5) is 0 Å². The molecule has 0 radical (unpaired) electrons. The Balaban J connectivity index is 1.37. The van der Waals surface area contributed by atoms with Gasteiger partial charge in [-0.1, -0.05) is 91.0 Å². The van der Waals surface area contributed by atoms with Crippen molar-refractivity contribution in [1.29, 1.82) is 0 Å². The second-order valence-electron chi connectivity index (χ2n) is 10.2. The van der Waals surface area contributed by atoms with Crippen molar-refractivity contribution in [3.63, 3.8) is 0 Å². The number of ether oxygens (including phenoxy) is 1. The van der Waals surface area contributed by atoms with E-state index in [1.54, 1.807) is 4.90 Å². The molecule has 3 aromatic rings. The van der Waals surface area contributed by atoms with Gasteiger partial charge in [0.25, 0.3) is 0 Å². The van der Waals surface area contributed by atoms with Gasteiger partial charge in [-0.05, 0) is 54.8 Å². The van der Waals surface area contributed by atoms with Gasteiger partial charge >= 0.3 is 5.97 Å². The van der Waals surface area contributed by atoms with E-state index in [2.05, 4.69) is 35.2 Å². The summed E-state index contributed by atoms with van der Waals surface area (Å²) in [5.41, 5.74) is 3.26. The second-order valence-corrected chi connectivity index (χ2v) is 10.2. The predicted molar refractivity (Wildman–Crippen MR) is 145 cm³/mol. The van der Waals surface area contributed by atoms with E-state index in [1.165, 1.54) is 19.1 Å². The first-order valence-corrected chi connectivity index (χ1v) is 13.4. The fourth-order valence-corrected chi connectivity index (χ4v) is 6.17. The molecule has 1 unspecified atom stereocenters. The molecule has 0 aliphatic carbocycles. The molecule has 5 nitrogen and oxygen atoms in total. The van der Waals surface area contributed by atoms with Gasteiger partial charge in [0.1, 0.15) is 6.04 Å². The molecule has 0 bridgehead atoms. The number of piperidine rings is 2. The van der Waals surface area contributed by atoms with Crippen LogP contribution in [0.3, 0.4) is 0 Å². The smallest absolute Gasteiger partial charge is 0.328 e. The van der Waals surface area contributed by atoms with E-state index >= 15 is 0 Å². The number of carbonyl (C=O) groups excluding carboxylic acids is 2. The van der Waals surface area contributed by atoms with Gasteiger partial charge in [-0.25, -0.2) is 4.79 Å². The number of methoxy groups -OCH3 is 1. The van der Waals surface area contributed by atoms with Crippen molar-refractivity contribution < 1.29 is 14.3 Å². The Hall–Kier alpha value is -3.44. The molecule has 192 valence electrons. The molecule has 0 saturated carbocycles. The fourth-order valence-electron chi connectivity index (χ4n) is 6.17. The molecule has 1 amide bonds. The Bertz CT molecular complexity index is 1130. The Labute approximate surface area is 220 Å². The molecular weight excluding hydrogens is 460 g/mol. The highest BCUT2D eigenvalue weighted by atomic mass is 16.5. The topological polar surface area (TPSA) is 49.9 Å². The Morgan fingerprint density at radius 1 is 0.811 bits per heavy atom. The number of carbonyl (C=O) groups is 2. The third kappa shape index (κ3) is 5.62. The highest BCUT2D eigenvalue weighted by molar-refractivity contribution is 5.91. The van der Waals surface area contributed by atoms with Crippen LogP contribution < -0.4 is 0 Å². The van der Waals surface area contributed by atoms with Gasteiger partial charge in [0.15, 0.2) is 0 Å². The zero-order valence-electron chi connectivity index (χ0n) is 21.5. The van der Waals surface area contributed by atoms with Crippen LogP contribution in [0, 0.1) is 0 Å². The maximum atomic E-state index is 14.2. The number of likely N-dealkylation sites (tertiary alicyclic amines) is 2. The van der Waals surface area contributed by atoms with Gasteiger partial charge in [0.05, 0.1) is 13.0 Å². The third-order valence-corrected chi connectivity index (χ3v) is 8.08. The molecule has 37 heavy (non-hydrogen) atoms. The lowest BCUT2D eigenvalue weighted by atomic mass is 9.86. The van der Waals surface area contributed by atoms with Crippen molar-refractivity contribution in [3.05, 3.63) is 108 Å². The van der Waals surface area contributed by atoms with Gasteiger partial charge in [-0.2, -0.15) is 0 Å². The first kappa shape index (κ1) is 25.2. The van der Waals surface area contributed by atoms with Crippen LogP contribution in [-0.2, 0) is 14.3 Å². The number of amides is 1. The predicted octanol–water partition coefficient (Wildman–Crippen LogP) is 5.23. The van der Waals surface area contributed by atoms with Crippen molar-refractivity contribution in [2.75, 3.05) is 26.7 Å². The zero-order chi connectivity index (χ0) is 25.6. The number of esters is 1. The summed E-state index contributed by atoms with van der Waals surface area (Å²) in [6, 6.07) is 30.1. The minimum absolute atomic E-state index is 0.0351. The van der Waals surface area contributed by atoms with E-state index in [1.807, 2.05) is 60.7 Å². The second kappa shape index (κ2) is 11.7. The summed E-state index contributed by atoms with van der Waals surface area (Å²) in [6.45, 7) is 2.58. The number of benzene rings is 3. The van der Waals surface area contributed by atoms with Gasteiger partial charge in [-0.15, -0.1) is 0 Å². The first-order chi connectivity index (χ1) is 18.2. The molecule has 2 saturated heterocycles. The van der Waals surface area contributed by atoms with Crippen LogP contribution in [0.2, 0.25) is 0 Å². The molecule has 2 aliphatic heterocycles. The van der Waals surface area contributed by atoms with E-state index in [0.29, 0.717) is 18.9 Å². The Kier molecular flexibility index (Phi) is 8.00. The molecule has 0 aromatic heterocycles. The molecule has 2 heterocycles. The Morgan fingerprint density at radius 2 is 1.41 bits per heavy atom. The molecule has 5 rings (SSSR count). The summed E-state index contributed by atoms with van der Waals surface area (Å²) in [5, 5.41) is 0. The van der Waals surface area contributed by atoms with Crippen molar-refractivity contribution in [2.24, 2.45) is 0 Å². The normalized spacial score (nSPS) is 22.5. The zero-order valence-corrected chi connectivity index (χ0v) is 21.5. The molecule has 0 N–H and O–H groups in total. The summed E-state index contributed by atoms with van der Waals surface area (Å²) in [5.74, 6) is -0.308. The average molecular weight is 497 g/mol. The van der Waals surface area contributed by atoms with Crippen LogP contribution in [0.1, 0.15) is 54.2 Å². The molecular formula is C32H36N2O3. The van der Waals surface area contributed by atoms with E-state index < -0.39 is 12.0 Å². The van der Waals surface area contributed by atoms with E-state index in [4.69, 9.17) is 4.74 Å². The summed E-state index contributed by atoms with van der Waals surface area (Å²) < 4.78 is 5.24. The largest absolute Gasteiger partial charge is 0.467 e. The number of hydrogen-bond acceptors (Lipinski definition) is 4. The molecule has 0 spiro atoms. The van der Waals surface area contributed by atoms with E-state index in [0.717, 1.165) is 37.1 Å². The van der Waals surface area contributed by atoms with Crippen LogP contribution in [0.25, 0.3) is 0 Å². The van der Waals surface area contributed by atoms with Gasteiger partial charge < -0.3 is 9.64 Å². The van der Waals surface area contributed by atoms with Crippen LogP contribution >= 0.6 is 0 Å². The van der Waals surface area contributed by atoms with Gasteiger partial charge in [0, 0.05) is 19.1 Å². The fraction of sp³-hybridized carbons (Fsp3) is 0.375. The average Bonchev–Trinajstić information content (AvgIpc) is 2.98. The number of nitrogens with zero attached hydrogens (tertiary/aromatic N) is 2. The van der Waals surface area contributed by atoms with Crippen LogP contribution in [0.5, 0.6) is 0 Å². The van der Waals surface area contributed by atoms with E-state index in [9.17, 15) is 9.59 Å². The lowest BCUT2D eigenvalue weighted by Crippen LogP contribution is -2.57. The lowest BCUT2D eigenvalue weighted by molar-refractivity contribution is -0.156. The molecule has 5 heteroatoms. The maximum absolute atomic E-state index is 14.2. The standard InChI is InChI=1S/C32H36N2O3/c1-37-32(36)29-22-28(33-20-11-18-27(23-33)24-12-5-2-6-13-24)19-21-34(29)31(35)30(25-14-7-3-8-15-25)26-16-9-4-10-17-26/h2-10,12-17,27-30H,11,18-23H2,1H3/t27-,28?,29+/m1/s1. The summed E-state index contributed by atoms with van der Waals surface area (Å²) >= 11 is 0. The summed E-state index contributed by atoms with van der Waals surface area (Å²) in [4.78, 5) is 31.5. The Morgan fingerprint density at radius 3 is 2.00 bits per heavy atom. The monoisotopic (exact) mass is 496 g/mol. The van der Waals surface area contributed by atoms with Gasteiger partial charge in [-0.3, -0.25) is 9.69 Å². The number of hydrogen-bond donors (Lipinski definition) is 0. The van der Waals surface area contributed by atoms with Crippen LogP contribution in [0.15, 0.2) is 91.0 Å². The van der Waals surface area contributed by atoms with E-state index in [-0.39, 0.29) is 17.9 Å². The SMILES string of the molecule is COC(=O)[C@@H]1CC(N2CCC[C@@H](c3ccccc3)C2)CCN1C(=O)C(c1ccccc1)c1ccccc1. The minimum Gasteiger partial charge on any atom is -0.467 e. The molecule has 3 atom stereocenters. The van der Waals surface area contributed by atoms with Crippen molar-refractivity contribution >= 4 is 11.9 Å². The highest BCUT2D eigenvalue weighted by Gasteiger charge is 2.42. The van der Waals surface area contributed by atoms with Gasteiger partial charge in [0.2, 0.25) is 5.91 Å². The maximum Gasteiger partial charge on any atom is 0.328 e. The molecule has 3 aromatic carbocycles. The quantitative estimate of drug-likeness (QED) is 0.439. The minimum atomic E-state index is -0.580. The first-order valence-electron chi connectivity index (χ1n) is 13.4. The summed E-state index contributed by atoms with van der Waals surface area (Å²) in [6.07, 6.45) is 3.80. The van der Waals surface area contributed by atoms with Crippen molar-refractivity contribution in [2.45, 2.75) is 49.6 Å². The lowest BCUT2D eigenvalue weighted by Gasteiger charge is -2.45. The summed E-state index contributed by atoms with van der Waals surface area (Å²) in [7, 11) is 1.42. The molecule has 2 aliphatic rings.